The molecule has 0 aromatic heterocycles. The number of benzene rings is 1. The molecule has 4 atom stereocenters. The molecule has 0 aliphatic carbocycles. The molecule has 3 rings (SSSR count). The maximum absolute atomic E-state index is 6.11. The largest absolute Gasteiger partial charge is 0.488 e. The fourth-order valence-electron chi connectivity index (χ4n) is 3.87. The number of likely N-dealkylation sites (tertiary alicyclic amines) is 1. The van der Waals surface area contributed by atoms with E-state index in [1.807, 2.05) is 0 Å². The van der Waals surface area contributed by atoms with Crippen molar-refractivity contribution in [2.75, 3.05) is 19.6 Å². The monoisotopic (exact) mass is 288 g/mol. The number of nitrogens with one attached hydrogen (secondary N) is 1. The van der Waals surface area contributed by atoms with Gasteiger partial charge < -0.3 is 10.1 Å². The molecule has 116 valence electrons. The lowest BCUT2D eigenvalue weighted by Crippen LogP contribution is -2.55. The number of hydrogen-bond acceptors (Lipinski definition) is 3. The molecular formula is C18H28N2O. The van der Waals surface area contributed by atoms with E-state index in [1.165, 1.54) is 18.5 Å². The first-order valence-corrected chi connectivity index (χ1v) is 8.41. The van der Waals surface area contributed by atoms with Crippen LogP contribution < -0.4 is 10.1 Å². The van der Waals surface area contributed by atoms with Crippen LogP contribution >= 0.6 is 0 Å². The van der Waals surface area contributed by atoms with Crippen molar-refractivity contribution in [1.29, 1.82) is 0 Å². The Bertz CT molecular complexity index is 451. The van der Waals surface area contributed by atoms with Gasteiger partial charge in [0.25, 0.3) is 0 Å². The number of fused-ring (bicyclic) bond motifs is 1. The normalized spacial score (nSPS) is 32.7. The van der Waals surface area contributed by atoms with Gasteiger partial charge in [0.2, 0.25) is 0 Å². The topological polar surface area (TPSA) is 24.5 Å². The highest BCUT2D eigenvalue weighted by Crippen LogP contribution is 2.30. The van der Waals surface area contributed by atoms with Crippen molar-refractivity contribution in [2.24, 2.45) is 5.92 Å². The molecule has 1 saturated heterocycles. The van der Waals surface area contributed by atoms with Crippen molar-refractivity contribution in [2.45, 2.75) is 51.8 Å². The molecule has 0 saturated carbocycles. The van der Waals surface area contributed by atoms with Gasteiger partial charge in [-0.3, -0.25) is 4.90 Å². The van der Waals surface area contributed by atoms with Gasteiger partial charge >= 0.3 is 0 Å². The molecule has 0 radical (unpaired) electrons. The number of hydrogen-bond donors (Lipinski definition) is 1. The van der Waals surface area contributed by atoms with Gasteiger partial charge in [-0.25, -0.2) is 0 Å². The number of rotatable bonds is 4. The lowest BCUT2D eigenvalue weighted by Gasteiger charge is -2.43. The second-order valence-electron chi connectivity index (χ2n) is 6.60. The van der Waals surface area contributed by atoms with Gasteiger partial charge in [-0.05, 0) is 37.4 Å². The van der Waals surface area contributed by atoms with Crippen molar-refractivity contribution in [3.63, 3.8) is 0 Å². The highest BCUT2D eigenvalue weighted by molar-refractivity contribution is 5.37. The van der Waals surface area contributed by atoms with E-state index < -0.39 is 0 Å². The summed E-state index contributed by atoms with van der Waals surface area (Å²) in [6, 6.07) is 9.75. The molecular weight excluding hydrogens is 260 g/mol. The summed E-state index contributed by atoms with van der Waals surface area (Å²) in [5.74, 6) is 1.79. The highest BCUT2D eigenvalue weighted by Gasteiger charge is 2.34. The molecule has 3 heteroatoms. The lowest BCUT2D eigenvalue weighted by molar-refractivity contribution is 0.0519. The highest BCUT2D eigenvalue weighted by atomic mass is 16.5. The van der Waals surface area contributed by atoms with E-state index in [9.17, 15) is 0 Å². The summed E-state index contributed by atoms with van der Waals surface area (Å²) >= 11 is 0. The van der Waals surface area contributed by atoms with E-state index in [0.717, 1.165) is 25.3 Å². The number of nitrogens with zero attached hydrogens (tertiary/aromatic N) is 1. The summed E-state index contributed by atoms with van der Waals surface area (Å²) in [7, 11) is 0. The molecule has 0 bridgehead atoms. The van der Waals surface area contributed by atoms with Crippen molar-refractivity contribution < 1.29 is 4.74 Å². The van der Waals surface area contributed by atoms with Crippen LogP contribution in [0.3, 0.4) is 0 Å². The first-order chi connectivity index (χ1) is 10.2. The Labute approximate surface area is 128 Å². The lowest BCUT2D eigenvalue weighted by atomic mass is 9.86. The molecule has 4 unspecified atom stereocenters. The summed E-state index contributed by atoms with van der Waals surface area (Å²) in [6.45, 7) is 10.3. The summed E-state index contributed by atoms with van der Waals surface area (Å²) in [5, 5.41) is 3.64. The van der Waals surface area contributed by atoms with Crippen LogP contribution in [-0.4, -0.2) is 42.7 Å². The molecule has 2 aliphatic heterocycles. The predicted octanol–water partition coefficient (Wildman–Crippen LogP) is 2.70. The smallest absolute Gasteiger partial charge is 0.123 e. The predicted molar refractivity (Wildman–Crippen MR) is 86.8 cm³/mol. The van der Waals surface area contributed by atoms with Crippen molar-refractivity contribution in [3.05, 3.63) is 29.8 Å². The van der Waals surface area contributed by atoms with Gasteiger partial charge in [0.1, 0.15) is 11.9 Å². The minimum atomic E-state index is 0.327. The maximum atomic E-state index is 6.11. The number of ether oxygens (including phenoxy) is 1. The SMILES string of the molecule is CCNC1CCN(CC2Cc3ccccc3O2)C(C)C1C. The molecule has 1 aromatic carbocycles. The van der Waals surface area contributed by atoms with E-state index in [1.54, 1.807) is 0 Å². The Hall–Kier alpha value is -1.06. The number of para-hydroxylation sites is 1. The summed E-state index contributed by atoms with van der Waals surface area (Å²) in [5.41, 5.74) is 1.37. The van der Waals surface area contributed by atoms with Gasteiger partial charge in [-0.2, -0.15) is 0 Å². The maximum Gasteiger partial charge on any atom is 0.123 e. The summed E-state index contributed by atoms with van der Waals surface area (Å²) in [4.78, 5) is 2.62. The van der Waals surface area contributed by atoms with Crippen LogP contribution in [0.25, 0.3) is 0 Å². The molecule has 21 heavy (non-hydrogen) atoms. The Morgan fingerprint density at radius 1 is 1.29 bits per heavy atom. The quantitative estimate of drug-likeness (QED) is 0.922. The van der Waals surface area contributed by atoms with Crippen LogP contribution in [0.1, 0.15) is 32.8 Å². The fraction of sp³-hybridized carbons (Fsp3) is 0.667. The molecule has 0 spiro atoms. The van der Waals surface area contributed by atoms with Crippen molar-refractivity contribution >= 4 is 0 Å². The number of piperidine rings is 1. The van der Waals surface area contributed by atoms with E-state index in [2.05, 4.69) is 55.3 Å². The zero-order valence-corrected chi connectivity index (χ0v) is 13.5. The van der Waals surface area contributed by atoms with Gasteiger partial charge in [0.15, 0.2) is 0 Å². The first kappa shape index (κ1) is 14.9. The van der Waals surface area contributed by atoms with Gasteiger partial charge in [0, 0.05) is 31.6 Å². The Morgan fingerprint density at radius 3 is 2.86 bits per heavy atom. The van der Waals surface area contributed by atoms with E-state index >= 15 is 0 Å². The Morgan fingerprint density at radius 2 is 2.10 bits per heavy atom. The van der Waals surface area contributed by atoms with Crippen LogP contribution in [0, 0.1) is 5.92 Å². The summed E-state index contributed by atoms with van der Waals surface area (Å²) < 4.78 is 6.11. The zero-order chi connectivity index (χ0) is 14.8. The third-order valence-corrected chi connectivity index (χ3v) is 5.32. The van der Waals surface area contributed by atoms with Gasteiger partial charge in [-0.15, -0.1) is 0 Å². The van der Waals surface area contributed by atoms with Crippen LogP contribution in [0.2, 0.25) is 0 Å². The van der Waals surface area contributed by atoms with Crippen molar-refractivity contribution in [3.8, 4) is 5.75 Å². The third-order valence-electron chi connectivity index (χ3n) is 5.32. The molecule has 1 aromatic rings. The Kier molecular flexibility index (Phi) is 4.51. The van der Waals surface area contributed by atoms with E-state index in [4.69, 9.17) is 4.74 Å². The molecule has 2 aliphatic rings. The Balaban J connectivity index is 1.57. The van der Waals surface area contributed by atoms with E-state index in [-0.39, 0.29) is 0 Å². The van der Waals surface area contributed by atoms with Crippen LogP contribution in [-0.2, 0) is 6.42 Å². The average Bonchev–Trinajstić information content (AvgIpc) is 2.89. The average molecular weight is 288 g/mol. The minimum Gasteiger partial charge on any atom is -0.488 e. The minimum absolute atomic E-state index is 0.327. The molecule has 3 nitrogen and oxygen atoms in total. The molecule has 1 fully saturated rings. The summed E-state index contributed by atoms with van der Waals surface area (Å²) in [6.07, 6.45) is 2.64. The molecule has 2 heterocycles. The molecule has 1 N–H and O–H groups in total. The fourth-order valence-corrected chi connectivity index (χ4v) is 3.87. The second-order valence-corrected chi connectivity index (χ2v) is 6.60. The third kappa shape index (κ3) is 3.09. The zero-order valence-electron chi connectivity index (χ0n) is 13.5. The van der Waals surface area contributed by atoms with Crippen LogP contribution in [0.4, 0.5) is 0 Å². The van der Waals surface area contributed by atoms with Crippen LogP contribution in [0.5, 0.6) is 5.75 Å². The van der Waals surface area contributed by atoms with Crippen molar-refractivity contribution in [1.82, 2.24) is 10.2 Å². The van der Waals surface area contributed by atoms with Crippen LogP contribution in [0.15, 0.2) is 24.3 Å². The standard InChI is InChI=1S/C18H28N2O/c1-4-19-17-9-10-20(14(3)13(17)2)12-16-11-15-7-5-6-8-18(15)21-16/h5-8,13-14,16-17,19H,4,9-12H2,1-3H3. The van der Waals surface area contributed by atoms with Gasteiger partial charge in [0.05, 0.1) is 0 Å². The van der Waals surface area contributed by atoms with Gasteiger partial charge in [-0.1, -0.05) is 32.0 Å². The molecule has 0 amide bonds. The van der Waals surface area contributed by atoms with E-state index in [0.29, 0.717) is 24.1 Å². The second kappa shape index (κ2) is 6.37. The first-order valence-electron chi connectivity index (χ1n) is 8.41.